The van der Waals surface area contributed by atoms with Crippen molar-refractivity contribution in [2.75, 3.05) is 31.1 Å². The first-order valence-corrected chi connectivity index (χ1v) is 8.41. The highest BCUT2D eigenvalue weighted by Gasteiger charge is 2.20. The molecule has 1 aromatic heterocycles. The van der Waals surface area contributed by atoms with Crippen LogP contribution in [0.5, 0.6) is 5.75 Å². The molecular formula is C17H29N3O. The highest BCUT2D eigenvalue weighted by atomic mass is 16.5. The number of nitrogens with zero attached hydrogens (tertiary/aromatic N) is 2. The van der Waals surface area contributed by atoms with Crippen LogP contribution in [-0.2, 0) is 0 Å². The molecule has 0 aliphatic carbocycles. The first-order valence-electron chi connectivity index (χ1n) is 8.41. The summed E-state index contributed by atoms with van der Waals surface area (Å²) in [5.41, 5.74) is 0. The second kappa shape index (κ2) is 8.88. The summed E-state index contributed by atoms with van der Waals surface area (Å²) in [6.07, 6.45) is 7.83. The van der Waals surface area contributed by atoms with Crippen LogP contribution in [0, 0.1) is 0 Å². The van der Waals surface area contributed by atoms with E-state index in [4.69, 9.17) is 4.74 Å². The summed E-state index contributed by atoms with van der Waals surface area (Å²) >= 11 is 0. The third kappa shape index (κ3) is 4.88. The van der Waals surface area contributed by atoms with Gasteiger partial charge >= 0.3 is 0 Å². The van der Waals surface area contributed by atoms with Gasteiger partial charge in [-0.1, -0.05) is 20.3 Å². The largest absolute Gasteiger partial charge is 0.490 e. The smallest absolute Gasteiger partial charge is 0.171 e. The molecule has 1 saturated heterocycles. The molecule has 1 N–H and O–H groups in total. The monoisotopic (exact) mass is 291 g/mol. The summed E-state index contributed by atoms with van der Waals surface area (Å²) in [7, 11) is 0. The molecular weight excluding hydrogens is 262 g/mol. The number of ether oxygens (including phenoxy) is 1. The van der Waals surface area contributed by atoms with E-state index in [1.807, 2.05) is 18.3 Å². The molecule has 0 amide bonds. The van der Waals surface area contributed by atoms with Crippen LogP contribution in [0.15, 0.2) is 18.3 Å². The Bertz CT molecular complexity index is 405. The van der Waals surface area contributed by atoms with Crippen LogP contribution in [-0.4, -0.2) is 37.3 Å². The lowest BCUT2D eigenvalue weighted by atomic mass is 10.2. The molecule has 1 unspecified atom stereocenters. The lowest BCUT2D eigenvalue weighted by molar-refractivity contribution is 0.316. The van der Waals surface area contributed by atoms with Crippen molar-refractivity contribution in [1.29, 1.82) is 0 Å². The molecule has 0 aromatic carbocycles. The summed E-state index contributed by atoms with van der Waals surface area (Å²) in [6, 6.07) is 4.59. The molecule has 1 atom stereocenters. The van der Waals surface area contributed by atoms with Gasteiger partial charge in [-0.3, -0.25) is 0 Å². The fraction of sp³-hybridized carbons (Fsp3) is 0.706. The van der Waals surface area contributed by atoms with Crippen LogP contribution < -0.4 is 15.0 Å². The van der Waals surface area contributed by atoms with Crippen molar-refractivity contribution in [2.45, 2.75) is 52.0 Å². The van der Waals surface area contributed by atoms with E-state index in [-0.39, 0.29) is 0 Å². The van der Waals surface area contributed by atoms with Gasteiger partial charge in [0, 0.05) is 25.3 Å². The molecule has 118 valence electrons. The minimum atomic E-state index is 0.586. The molecule has 0 radical (unpaired) electrons. The van der Waals surface area contributed by atoms with Crippen molar-refractivity contribution < 1.29 is 4.74 Å². The van der Waals surface area contributed by atoms with E-state index in [0.29, 0.717) is 6.04 Å². The van der Waals surface area contributed by atoms with Crippen molar-refractivity contribution in [3.63, 3.8) is 0 Å². The van der Waals surface area contributed by atoms with Crippen molar-refractivity contribution in [3.05, 3.63) is 18.3 Å². The van der Waals surface area contributed by atoms with E-state index in [9.17, 15) is 0 Å². The van der Waals surface area contributed by atoms with E-state index in [0.717, 1.165) is 44.2 Å². The van der Waals surface area contributed by atoms with E-state index in [1.54, 1.807) is 0 Å². The lowest BCUT2D eigenvalue weighted by Gasteiger charge is -2.28. The zero-order valence-corrected chi connectivity index (χ0v) is 13.5. The van der Waals surface area contributed by atoms with Gasteiger partial charge in [0.1, 0.15) is 0 Å². The van der Waals surface area contributed by atoms with Gasteiger partial charge in [0.2, 0.25) is 0 Å². The number of nitrogens with one attached hydrogen (secondary N) is 1. The minimum absolute atomic E-state index is 0.586. The van der Waals surface area contributed by atoms with Gasteiger partial charge in [0.25, 0.3) is 0 Å². The average molecular weight is 291 g/mol. The Balaban J connectivity index is 2.10. The Kier molecular flexibility index (Phi) is 6.80. The second-order valence-corrected chi connectivity index (χ2v) is 5.77. The molecule has 4 heteroatoms. The molecule has 21 heavy (non-hydrogen) atoms. The van der Waals surface area contributed by atoms with E-state index < -0.39 is 0 Å². The number of anilines is 1. The van der Waals surface area contributed by atoms with Crippen LogP contribution in [0.25, 0.3) is 0 Å². The normalized spacial score (nSPS) is 17.9. The van der Waals surface area contributed by atoms with Gasteiger partial charge in [0.05, 0.1) is 6.61 Å². The van der Waals surface area contributed by atoms with Gasteiger partial charge in [-0.05, 0) is 44.4 Å². The van der Waals surface area contributed by atoms with Crippen molar-refractivity contribution in [3.8, 4) is 5.75 Å². The summed E-state index contributed by atoms with van der Waals surface area (Å²) < 4.78 is 5.89. The van der Waals surface area contributed by atoms with Gasteiger partial charge < -0.3 is 15.0 Å². The highest BCUT2D eigenvalue weighted by molar-refractivity contribution is 5.52. The third-order valence-electron chi connectivity index (χ3n) is 3.90. The maximum Gasteiger partial charge on any atom is 0.171 e. The summed E-state index contributed by atoms with van der Waals surface area (Å²) in [5, 5.41) is 3.59. The number of aromatic nitrogens is 1. The quantitative estimate of drug-likeness (QED) is 0.758. The number of hydrogen-bond donors (Lipinski definition) is 1. The Labute approximate surface area is 128 Å². The Hall–Kier alpha value is -1.29. The van der Waals surface area contributed by atoms with Crippen LogP contribution >= 0.6 is 0 Å². The zero-order valence-electron chi connectivity index (χ0n) is 13.5. The van der Waals surface area contributed by atoms with Gasteiger partial charge in [-0.2, -0.15) is 0 Å². The fourth-order valence-electron chi connectivity index (χ4n) is 2.76. The highest BCUT2D eigenvalue weighted by Crippen LogP contribution is 2.26. The first-order chi connectivity index (χ1) is 10.3. The molecule has 2 heterocycles. The van der Waals surface area contributed by atoms with E-state index >= 15 is 0 Å². The van der Waals surface area contributed by atoms with Gasteiger partial charge in [-0.15, -0.1) is 0 Å². The molecule has 1 aromatic rings. The Morgan fingerprint density at radius 3 is 3.00 bits per heavy atom. The minimum Gasteiger partial charge on any atom is -0.490 e. The molecule has 0 saturated carbocycles. The molecule has 0 spiro atoms. The van der Waals surface area contributed by atoms with E-state index in [2.05, 4.69) is 29.0 Å². The average Bonchev–Trinajstić information content (AvgIpc) is 3.03. The summed E-state index contributed by atoms with van der Waals surface area (Å²) in [5.74, 6) is 1.93. The first kappa shape index (κ1) is 16.1. The maximum absolute atomic E-state index is 5.89. The summed E-state index contributed by atoms with van der Waals surface area (Å²) in [4.78, 5) is 7.00. The fourth-order valence-corrected chi connectivity index (χ4v) is 2.76. The number of pyridine rings is 1. The number of hydrogen-bond acceptors (Lipinski definition) is 4. The number of rotatable bonds is 9. The van der Waals surface area contributed by atoms with Crippen LogP contribution in [0.3, 0.4) is 0 Å². The molecule has 1 aliphatic heterocycles. The van der Waals surface area contributed by atoms with Crippen LogP contribution in [0.1, 0.15) is 46.0 Å². The van der Waals surface area contributed by atoms with E-state index in [1.165, 1.54) is 25.7 Å². The Morgan fingerprint density at radius 1 is 1.38 bits per heavy atom. The predicted molar refractivity (Wildman–Crippen MR) is 88.2 cm³/mol. The molecule has 0 bridgehead atoms. The topological polar surface area (TPSA) is 37.4 Å². The van der Waals surface area contributed by atoms with Crippen LogP contribution in [0.4, 0.5) is 5.82 Å². The van der Waals surface area contributed by atoms with Crippen LogP contribution in [0.2, 0.25) is 0 Å². The SMILES string of the molecule is CCCCN(CC1CCCN1)c1ncccc1OCCC. The summed E-state index contributed by atoms with van der Waals surface area (Å²) in [6.45, 7) is 8.34. The van der Waals surface area contributed by atoms with Gasteiger partial charge in [0.15, 0.2) is 11.6 Å². The van der Waals surface area contributed by atoms with Crippen molar-refractivity contribution in [1.82, 2.24) is 10.3 Å². The maximum atomic E-state index is 5.89. The molecule has 1 aliphatic rings. The van der Waals surface area contributed by atoms with Crippen molar-refractivity contribution >= 4 is 5.82 Å². The second-order valence-electron chi connectivity index (χ2n) is 5.77. The standard InChI is InChI=1S/C17H29N3O/c1-3-5-12-20(14-15-8-6-10-18-15)17-16(21-13-4-2)9-7-11-19-17/h7,9,11,15,18H,3-6,8,10,12-14H2,1-2H3. The molecule has 1 fully saturated rings. The van der Waals surface area contributed by atoms with Crippen molar-refractivity contribution in [2.24, 2.45) is 0 Å². The predicted octanol–water partition coefficient (Wildman–Crippen LogP) is 3.23. The lowest BCUT2D eigenvalue weighted by Crippen LogP contribution is -2.38. The third-order valence-corrected chi connectivity index (χ3v) is 3.90. The Morgan fingerprint density at radius 2 is 2.29 bits per heavy atom. The molecule has 2 rings (SSSR count). The number of unbranched alkanes of at least 4 members (excludes halogenated alkanes) is 1. The zero-order chi connectivity index (χ0) is 14.9. The van der Waals surface area contributed by atoms with Gasteiger partial charge in [-0.25, -0.2) is 4.98 Å². The molecule has 4 nitrogen and oxygen atoms in total.